The van der Waals surface area contributed by atoms with Gasteiger partial charge in [0.15, 0.2) is 0 Å². The summed E-state index contributed by atoms with van der Waals surface area (Å²) in [4.78, 5) is 33.9. The molecular formula is C20H32O5S. The second-order valence-corrected chi connectivity index (χ2v) is 7.43. The first kappa shape index (κ1) is 24.4. The van der Waals surface area contributed by atoms with Gasteiger partial charge in [0.25, 0.3) is 0 Å². The smallest absolute Gasteiger partial charge is 0.315 e. The molecule has 0 aliphatic heterocycles. The van der Waals surface area contributed by atoms with E-state index >= 15 is 0 Å². The summed E-state index contributed by atoms with van der Waals surface area (Å²) in [6.45, 7) is 7.69. The van der Waals surface area contributed by atoms with Gasteiger partial charge in [0.05, 0.1) is 12.9 Å². The Labute approximate surface area is 161 Å². The molecule has 0 aromatic carbocycles. The molecule has 1 unspecified atom stereocenters. The van der Waals surface area contributed by atoms with Gasteiger partial charge < -0.3 is 9.47 Å². The van der Waals surface area contributed by atoms with Gasteiger partial charge in [-0.15, -0.1) is 11.8 Å². The van der Waals surface area contributed by atoms with E-state index < -0.39 is 0 Å². The fraction of sp³-hybridized carbons (Fsp3) is 0.650. The lowest BCUT2D eigenvalue weighted by Crippen LogP contribution is -2.15. The number of ketones is 1. The van der Waals surface area contributed by atoms with Crippen molar-refractivity contribution in [1.29, 1.82) is 0 Å². The molecule has 0 fully saturated rings. The Morgan fingerprint density at radius 2 is 1.65 bits per heavy atom. The minimum absolute atomic E-state index is 0.0519. The van der Waals surface area contributed by atoms with Gasteiger partial charge in [-0.25, -0.2) is 0 Å². The third kappa shape index (κ3) is 13.7. The van der Waals surface area contributed by atoms with Crippen LogP contribution >= 0.6 is 11.8 Å². The van der Waals surface area contributed by atoms with Gasteiger partial charge in [0.1, 0.15) is 12.4 Å². The van der Waals surface area contributed by atoms with E-state index in [1.165, 1.54) is 36.9 Å². The fourth-order valence-electron chi connectivity index (χ4n) is 2.09. The summed E-state index contributed by atoms with van der Waals surface area (Å²) in [5.74, 6) is 0.579. The van der Waals surface area contributed by atoms with Gasteiger partial charge in [-0.2, -0.15) is 0 Å². The zero-order chi connectivity index (χ0) is 19.9. The summed E-state index contributed by atoms with van der Waals surface area (Å²) < 4.78 is 9.46. The number of carbonyl (C=O) groups is 3. The van der Waals surface area contributed by atoms with Gasteiger partial charge in [0, 0.05) is 25.0 Å². The number of hydrogen-bond donors (Lipinski definition) is 0. The van der Waals surface area contributed by atoms with E-state index in [0.29, 0.717) is 18.8 Å². The van der Waals surface area contributed by atoms with Crippen LogP contribution in [0.15, 0.2) is 23.3 Å². The molecule has 0 radical (unpaired) electrons. The van der Waals surface area contributed by atoms with E-state index in [0.717, 1.165) is 19.3 Å². The number of Topliss-reactive ketones (excluding diaryl/α,β-unsaturated/α-hetero) is 1. The molecule has 0 saturated carbocycles. The van der Waals surface area contributed by atoms with Crippen LogP contribution in [0.5, 0.6) is 0 Å². The Morgan fingerprint density at radius 3 is 2.27 bits per heavy atom. The normalized spacial score (nSPS) is 13.3. The Bertz CT molecular complexity index is 522. The van der Waals surface area contributed by atoms with Crippen molar-refractivity contribution in [2.24, 2.45) is 5.92 Å². The molecule has 1 atom stereocenters. The Kier molecular flexibility index (Phi) is 13.7. The third-order valence-corrected chi connectivity index (χ3v) is 5.06. The minimum atomic E-state index is -0.271. The Morgan fingerprint density at radius 1 is 1.00 bits per heavy atom. The van der Waals surface area contributed by atoms with Crippen LogP contribution in [0.1, 0.15) is 53.4 Å². The molecule has 0 aromatic heterocycles. The number of thioether (sulfide) groups is 1. The van der Waals surface area contributed by atoms with Crippen molar-refractivity contribution in [2.75, 3.05) is 25.2 Å². The van der Waals surface area contributed by atoms with Crippen LogP contribution in [-0.4, -0.2) is 42.9 Å². The van der Waals surface area contributed by atoms with E-state index in [2.05, 4.69) is 10.8 Å². The van der Waals surface area contributed by atoms with Crippen LogP contribution in [0.2, 0.25) is 0 Å². The highest BCUT2D eigenvalue weighted by Crippen LogP contribution is 2.15. The number of esters is 2. The fourth-order valence-corrected chi connectivity index (χ4v) is 3.03. The molecule has 0 aliphatic rings. The predicted molar refractivity (Wildman–Crippen MR) is 106 cm³/mol. The first-order valence-corrected chi connectivity index (χ1v) is 10.0. The van der Waals surface area contributed by atoms with Crippen LogP contribution in [0, 0.1) is 5.92 Å². The average Bonchev–Trinajstić information content (AvgIpc) is 2.58. The standard InChI is InChI=1S/C20H32O5S/c1-15(7-6-8-16(2)11-12-25-18(4)21)9-10-19(22)17(3)13-26-14-20(23)24-5/h7,11,17H,6,8-10,12-14H2,1-5H3/b15-7+,16-11-. The third-order valence-electron chi connectivity index (χ3n) is 3.88. The quantitative estimate of drug-likeness (QED) is 0.351. The van der Waals surface area contributed by atoms with Crippen LogP contribution in [-0.2, 0) is 23.9 Å². The number of allylic oxidation sites excluding steroid dienone is 3. The van der Waals surface area contributed by atoms with Gasteiger partial charge in [-0.1, -0.05) is 24.1 Å². The van der Waals surface area contributed by atoms with E-state index in [1.54, 1.807) is 0 Å². The molecule has 0 spiro atoms. The van der Waals surface area contributed by atoms with Crippen molar-refractivity contribution in [3.8, 4) is 0 Å². The molecule has 6 heteroatoms. The number of ether oxygens (including phenoxy) is 2. The Hall–Kier alpha value is -1.56. The number of carbonyl (C=O) groups excluding carboxylic acids is 3. The number of hydrogen-bond acceptors (Lipinski definition) is 6. The molecule has 0 aromatic rings. The molecule has 0 bridgehead atoms. The van der Waals surface area contributed by atoms with Crippen LogP contribution in [0.3, 0.4) is 0 Å². The molecule has 0 rings (SSSR count). The summed E-state index contributed by atoms with van der Waals surface area (Å²) in [7, 11) is 1.36. The van der Waals surface area contributed by atoms with Gasteiger partial charge in [-0.05, 0) is 39.2 Å². The van der Waals surface area contributed by atoms with Crippen LogP contribution in [0.25, 0.3) is 0 Å². The summed E-state index contributed by atoms with van der Waals surface area (Å²) in [6.07, 6.45) is 7.19. The lowest BCUT2D eigenvalue weighted by atomic mass is 10.0. The minimum Gasteiger partial charge on any atom is -0.468 e. The molecule has 26 heavy (non-hydrogen) atoms. The van der Waals surface area contributed by atoms with E-state index in [-0.39, 0.29) is 29.4 Å². The molecule has 0 saturated heterocycles. The maximum atomic E-state index is 12.1. The van der Waals surface area contributed by atoms with Crippen molar-refractivity contribution in [1.82, 2.24) is 0 Å². The summed E-state index contributed by atoms with van der Waals surface area (Å²) in [5.41, 5.74) is 2.39. The second kappa shape index (κ2) is 14.6. The zero-order valence-electron chi connectivity index (χ0n) is 16.6. The topological polar surface area (TPSA) is 69.7 Å². The zero-order valence-corrected chi connectivity index (χ0v) is 17.4. The summed E-state index contributed by atoms with van der Waals surface area (Å²) >= 11 is 1.43. The highest BCUT2D eigenvalue weighted by Gasteiger charge is 2.13. The first-order chi connectivity index (χ1) is 12.3. The van der Waals surface area contributed by atoms with Gasteiger partial charge in [-0.3, -0.25) is 14.4 Å². The Balaban J connectivity index is 4.02. The number of rotatable bonds is 13. The average molecular weight is 385 g/mol. The van der Waals surface area contributed by atoms with Gasteiger partial charge in [0.2, 0.25) is 0 Å². The van der Waals surface area contributed by atoms with E-state index in [9.17, 15) is 14.4 Å². The largest absolute Gasteiger partial charge is 0.468 e. The van der Waals surface area contributed by atoms with Crippen molar-refractivity contribution < 1.29 is 23.9 Å². The lowest BCUT2D eigenvalue weighted by molar-refractivity contribution is -0.140. The van der Waals surface area contributed by atoms with Crippen molar-refractivity contribution in [3.63, 3.8) is 0 Å². The summed E-state index contributed by atoms with van der Waals surface area (Å²) in [6, 6.07) is 0. The molecule has 5 nitrogen and oxygen atoms in total. The van der Waals surface area contributed by atoms with Crippen molar-refractivity contribution in [2.45, 2.75) is 53.4 Å². The van der Waals surface area contributed by atoms with E-state index in [4.69, 9.17) is 4.74 Å². The van der Waals surface area contributed by atoms with E-state index in [1.807, 2.05) is 26.8 Å². The molecule has 0 N–H and O–H groups in total. The van der Waals surface area contributed by atoms with Crippen LogP contribution < -0.4 is 0 Å². The van der Waals surface area contributed by atoms with Crippen molar-refractivity contribution in [3.05, 3.63) is 23.3 Å². The predicted octanol–water partition coefficient (Wildman–Crippen LogP) is 4.11. The van der Waals surface area contributed by atoms with Crippen molar-refractivity contribution >= 4 is 29.5 Å². The molecular weight excluding hydrogens is 352 g/mol. The molecule has 0 aliphatic carbocycles. The van der Waals surface area contributed by atoms with Crippen LogP contribution in [0.4, 0.5) is 0 Å². The highest BCUT2D eigenvalue weighted by atomic mass is 32.2. The highest BCUT2D eigenvalue weighted by molar-refractivity contribution is 7.99. The maximum absolute atomic E-state index is 12.1. The van der Waals surface area contributed by atoms with Gasteiger partial charge >= 0.3 is 11.9 Å². The monoisotopic (exact) mass is 384 g/mol. The molecule has 0 heterocycles. The lowest BCUT2D eigenvalue weighted by Gasteiger charge is -2.10. The second-order valence-electron chi connectivity index (χ2n) is 6.40. The number of methoxy groups -OCH3 is 1. The first-order valence-electron chi connectivity index (χ1n) is 8.88. The molecule has 148 valence electrons. The summed E-state index contributed by atoms with van der Waals surface area (Å²) in [5, 5.41) is 0. The maximum Gasteiger partial charge on any atom is 0.315 e. The molecule has 0 amide bonds. The SMILES string of the molecule is COC(=O)CSCC(C)C(=O)CC/C(C)=C/CC/C(C)=C\COC(C)=O.